The third kappa shape index (κ3) is 5.58. The van der Waals surface area contributed by atoms with Crippen LogP contribution in [-0.4, -0.2) is 0 Å². The second kappa shape index (κ2) is 10.9. The summed E-state index contributed by atoms with van der Waals surface area (Å²) in [6, 6.07) is 2.35. The fourth-order valence-electron chi connectivity index (χ4n) is 4.75. The molecule has 0 spiro atoms. The third-order valence-electron chi connectivity index (χ3n) is 6.47. The van der Waals surface area contributed by atoms with E-state index in [-0.39, 0.29) is 0 Å². The highest BCUT2D eigenvalue weighted by Gasteiger charge is 2.22. The summed E-state index contributed by atoms with van der Waals surface area (Å²) in [5, 5.41) is 2.29. The van der Waals surface area contributed by atoms with E-state index in [1.54, 1.807) is 19.8 Å². The first-order valence-corrected chi connectivity index (χ1v) is 13.0. The number of rotatable bonds is 11. The molecule has 2 aromatic heterocycles. The Bertz CT molecular complexity index is 628. The highest BCUT2D eigenvalue weighted by atomic mass is 32.1. The van der Waals surface area contributed by atoms with Crippen LogP contribution < -0.4 is 0 Å². The minimum Gasteiger partial charge on any atom is -0.143 e. The van der Waals surface area contributed by atoms with Crippen LogP contribution in [0.1, 0.15) is 101 Å². The highest BCUT2D eigenvalue weighted by Crippen LogP contribution is 2.39. The van der Waals surface area contributed by atoms with Gasteiger partial charge in [-0.3, -0.25) is 0 Å². The van der Waals surface area contributed by atoms with Crippen LogP contribution in [0.4, 0.5) is 0 Å². The lowest BCUT2D eigenvalue weighted by atomic mass is 9.78. The Hall–Kier alpha value is -0.340. The van der Waals surface area contributed by atoms with E-state index in [0.717, 1.165) is 11.8 Å². The lowest BCUT2D eigenvalue weighted by Gasteiger charge is -2.28. The van der Waals surface area contributed by atoms with Crippen molar-refractivity contribution in [1.29, 1.82) is 0 Å². The van der Waals surface area contributed by atoms with Gasteiger partial charge in [-0.15, -0.1) is 22.7 Å². The third-order valence-corrected chi connectivity index (χ3v) is 8.83. The maximum Gasteiger partial charge on any atom is 0.0485 e. The molecule has 3 rings (SSSR count). The van der Waals surface area contributed by atoms with Crippen molar-refractivity contribution in [2.45, 2.75) is 104 Å². The number of hydrogen-bond donors (Lipinski definition) is 0. The van der Waals surface area contributed by atoms with Crippen molar-refractivity contribution in [3.8, 4) is 0 Å². The summed E-state index contributed by atoms with van der Waals surface area (Å²) in [6.07, 6.45) is 20.0. The molecular weight excluding hydrogens is 352 g/mol. The smallest absolute Gasteiger partial charge is 0.0485 e. The molecule has 1 saturated carbocycles. The minimum atomic E-state index is 1.00. The summed E-state index contributed by atoms with van der Waals surface area (Å²) in [5.41, 5.74) is 1.72. The lowest BCUT2D eigenvalue weighted by molar-refractivity contribution is 0.249. The van der Waals surface area contributed by atoms with Gasteiger partial charge in [0.25, 0.3) is 0 Å². The minimum absolute atomic E-state index is 1.00. The maximum atomic E-state index is 2.35. The molecule has 0 saturated heterocycles. The molecular formula is C24H38S2. The summed E-state index contributed by atoms with van der Waals surface area (Å²) < 4.78 is 3.16. The molecule has 0 amide bonds. The Morgan fingerprint density at radius 1 is 0.846 bits per heavy atom. The van der Waals surface area contributed by atoms with Gasteiger partial charge >= 0.3 is 0 Å². The molecule has 0 aromatic carbocycles. The number of hydrogen-bond acceptors (Lipinski definition) is 2. The topological polar surface area (TPSA) is 0 Å². The first kappa shape index (κ1) is 20.4. The Labute approximate surface area is 169 Å². The molecule has 0 aliphatic heterocycles. The van der Waals surface area contributed by atoms with Crippen LogP contribution in [0.25, 0.3) is 9.40 Å². The van der Waals surface area contributed by atoms with Crippen molar-refractivity contribution in [2.24, 2.45) is 11.8 Å². The van der Waals surface area contributed by atoms with Gasteiger partial charge in [-0.05, 0) is 54.5 Å². The Balaban J connectivity index is 1.49. The zero-order valence-electron chi connectivity index (χ0n) is 17.0. The van der Waals surface area contributed by atoms with Crippen LogP contribution in [0.5, 0.6) is 0 Å². The number of fused-ring (bicyclic) bond motifs is 1. The molecule has 0 nitrogen and oxygen atoms in total. The Morgan fingerprint density at radius 3 is 2.27 bits per heavy atom. The normalized spacial score (nSPS) is 20.8. The number of aryl methyl sites for hydroxylation is 2. The zero-order valence-corrected chi connectivity index (χ0v) is 18.7. The van der Waals surface area contributed by atoms with E-state index >= 15 is 0 Å². The molecule has 0 atom stereocenters. The van der Waals surface area contributed by atoms with Crippen LogP contribution in [0, 0.1) is 11.8 Å². The fraction of sp³-hybridized carbons (Fsp3) is 0.750. The molecule has 1 fully saturated rings. The molecule has 2 heterocycles. The van der Waals surface area contributed by atoms with Crippen LogP contribution >= 0.6 is 22.7 Å². The van der Waals surface area contributed by atoms with Crippen molar-refractivity contribution in [3.05, 3.63) is 21.9 Å². The van der Waals surface area contributed by atoms with Crippen molar-refractivity contribution >= 4 is 32.1 Å². The standard InChI is InChI=1S/C24H38S2/c1-3-5-7-9-19-11-13-20(14-12-19)15-16-22-21(10-8-6-4-2)24-23(26-22)17-18-25-24/h17-20H,3-16H2,1-2H3. The van der Waals surface area contributed by atoms with Gasteiger partial charge in [-0.1, -0.05) is 78.1 Å². The molecule has 1 aliphatic rings. The molecule has 2 aromatic rings. The van der Waals surface area contributed by atoms with E-state index in [2.05, 4.69) is 36.6 Å². The van der Waals surface area contributed by atoms with Crippen molar-refractivity contribution < 1.29 is 0 Å². The second-order valence-corrected chi connectivity index (χ2v) is 10.5. The molecule has 0 unspecified atom stereocenters. The van der Waals surface area contributed by atoms with E-state index in [9.17, 15) is 0 Å². The van der Waals surface area contributed by atoms with Crippen molar-refractivity contribution in [2.75, 3.05) is 0 Å². The fourth-order valence-corrected chi connectivity index (χ4v) is 7.23. The lowest BCUT2D eigenvalue weighted by Crippen LogP contribution is -2.15. The van der Waals surface area contributed by atoms with Gasteiger partial charge in [0.1, 0.15) is 0 Å². The van der Waals surface area contributed by atoms with E-state index in [0.29, 0.717) is 0 Å². The molecule has 2 heteroatoms. The van der Waals surface area contributed by atoms with Gasteiger partial charge < -0.3 is 0 Å². The molecule has 146 valence electrons. The SMILES string of the molecule is CCCCCc1c(CCC2CCC(CCCCC)CC2)sc2ccsc12. The summed E-state index contributed by atoms with van der Waals surface area (Å²) in [6.45, 7) is 4.63. The van der Waals surface area contributed by atoms with Gasteiger partial charge in [0, 0.05) is 14.3 Å². The van der Waals surface area contributed by atoms with Gasteiger partial charge in [-0.2, -0.15) is 0 Å². The van der Waals surface area contributed by atoms with Gasteiger partial charge in [0.15, 0.2) is 0 Å². The van der Waals surface area contributed by atoms with E-state index < -0.39 is 0 Å². The van der Waals surface area contributed by atoms with E-state index in [1.165, 1.54) is 89.9 Å². The quantitative estimate of drug-likeness (QED) is 0.336. The predicted molar refractivity (Wildman–Crippen MR) is 121 cm³/mol. The summed E-state index contributed by atoms with van der Waals surface area (Å²) in [7, 11) is 0. The molecule has 1 aliphatic carbocycles. The van der Waals surface area contributed by atoms with Crippen LogP contribution in [-0.2, 0) is 12.8 Å². The molecule has 0 N–H and O–H groups in total. The number of unbranched alkanes of at least 4 members (excludes halogenated alkanes) is 4. The average molecular weight is 391 g/mol. The molecule has 0 bridgehead atoms. The first-order valence-electron chi connectivity index (χ1n) is 11.3. The predicted octanol–water partition coefficient (Wildman–Crippen LogP) is 9.01. The van der Waals surface area contributed by atoms with Crippen LogP contribution in [0.15, 0.2) is 11.4 Å². The summed E-state index contributed by atoms with van der Waals surface area (Å²) in [5.74, 6) is 2.05. The van der Waals surface area contributed by atoms with Crippen LogP contribution in [0.3, 0.4) is 0 Å². The van der Waals surface area contributed by atoms with Crippen molar-refractivity contribution in [3.63, 3.8) is 0 Å². The van der Waals surface area contributed by atoms with Gasteiger partial charge in [0.2, 0.25) is 0 Å². The Kier molecular flexibility index (Phi) is 8.52. The zero-order chi connectivity index (χ0) is 18.2. The average Bonchev–Trinajstić information content (AvgIpc) is 3.23. The second-order valence-electron chi connectivity index (χ2n) is 8.50. The van der Waals surface area contributed by atoms with Crippen molar-refractivity contribution in [1.82, 2.24) is 0 Å². The number of thiophene rings is 2. The van der Waals surface area contributed by atoms with Gasteiger partial charge in [-0.25, -0.2) is 0 Å². The molecule has 26 heavy (non-hydrogen) atoms. The summed E-state index contributed by atoms with van der Waals surface area (Å²) >= 11 is 4.08. The van der Waals surface area contributed by atoms with E-state index in [1.807, 2.05) is 11.3 Å². The Morgan fingerprint density at radius 2 is 1.54 bits per heavy atom. The molecule has 0 radical (unpaired) electrons. The summed E-state index contributed by atoms with van der Waals surface area (Å²) in [4.78, 5) is 1.73. The monoisotopic (exact) mass is 390 g/mol. The first-order chi connectivity index (χ1) is 12.8. The van der Waals surface area contributed by atoms with Gasteiger partial charge in [0.05, 0.1) is 0 Å². The maximum absolute atomic E-state index is 2.35. The van der Waals surface area contributed by atoms with E-state index in [4.69, 9.17) is 0 Å². The largest absolute Gasteiger partial charge is 0.143 e. The van der Waals surface area contributed by atoms with Crippen LogP contribution in [0.2, 0.25) is 0 Å². The highest BCUT2D eigenvalue weighted by molar-refractivity contribution is 7.27.